The van der Waals surface area contributed by atoms with E-state index in [1.54, 1.807) is 6.07 Å². The zero-order valence-electron chi connectivity index (χ0n) is 12.7. The van der Waals surface area contributed by atoms with Gasteiger partial charge >= 0.3 is 0 Å². The molecule has 0 atom stereocenters. The highest BCUT2D eigenvalue weighted by Gasteiger charge is 2.23. The predicted octanol–water partition coefficient (Wildman–Crippen LogP) is 2.32. The number of carbonyl (C=O) groups excluding carboxylic acids is 1. The largest absolute Gasteiger partial charge is 0.349 e. The third-order valence-corrected chi connectivity index (χ3v) is 4.89. The molecule has 0 saturated heterocycles. The van der Waals surface area contributed by atoms with E-state index in [-0.39, 0.29) is 11.9 Å². The van der Waals surface area contributed by atoms with Crippen molar-refractivity contribution in [1.29, 1.82) is 0 Å². The maximum atomic E-state index is 12.7. The van der Waals surface area contributed by atoms with Gasteiger partial charge in [0.2, 0.25) is 0 Å². The van der Waals surface area contributed by atoms with E-state index >= 15 is 0 Å². The van der Waals surface area contributed by atoms with Crippen molar-refractivity contribution in [2.45, 2.75) is 18.9 Å². The minimum Gasteiger partial charge on any atom is -0.349 e. The van der Waals surface area contributed by atoms with Crippen LogP contribution >= 0.6 is 15.9 Å². The van der Waals surface area contributed by atoms with Crippen molar-refractivity contribution >= 4 is 21.8 Å². The molecule has 24 heavy (non-hydrogen) atoms. The number of halogens is 1. The van der Waals surface area contributed by atoms with Gasteiger partial charge in [-0.2, -0.15) is 0 Å². The smallest absolute Gasteiger partial charge is 0.252 e. The van der Waals surface area contributed by atoms with Gasteiger partial charge in [0.15, 0.2) is 0 Å². The summed E-state index contributed by atoms with van der Waals surface area (Å²) in [6.45, 7) is 0. The molecule has 6 nitrogen and oxygen atoms in total. The van der Waals surface area contributed by atoms with E-state index in [0.29, 0.717) is 5.56 Å². The quantitative estimate of drug-likeness (QED) is 0.753. The van der Waals surface area contributed by atoms with E-state index in [1.165, 1.54) is 22.1 Å². The number of nitrogens with one attached hydrogen (secondary N) is 1. The molecule has 1 amide bonds. The van der Waals surface area contributed by atoms with E-state index in [1.807, 2.05) is 24.3 Å². The molecule has 7 heteroatoms. The third-order valence-electron chi connectivity index (χ3n) is 4.19. The molecule has 0 bridgehead atoms. The van der Waals surface area contributed by atoms with Crippen LogP contribution in [0.4, 0.5) is 0 Å². The molecule has 0 unspecified atom stereocenters. The van der Waals surface area contributed by atoms with Crippen molar-refractivity contribution in [2.75, 3.05) is 0 Å². The molecule has 0 aliphatic heterocycles. The standard InChI is InChI=1S/C17H14BrN5O/c18-16-6-5-14(23-10-19-21-22-23)9-15(16)17(24)20-13-7-11-3-1-2-4-12(11)8-13/h1-6,9-10,13H,7-8H2,(H,20,24). The second kappa shape index (κ2) is 6.16. The van der Waals surface area contributed by atoms with Crippen LogP contribution in [0.1, 0.15) is 21.5 Å². The number of tetrazole rings is 1. The van der Waals surface area contributed by atoms with Crippen molar-refractivity contribution in [3.05, 3.63) is 70.0 Å². The second-order valence-electron chi connectivity index (χ2n) is 5.77. The fraction of sp³-hybridized carbons (Fsp3) is 0.176. The highest BCUT2D eigenvalue weighted by molar-refractivity contribution is 9.10. The second-order valence-corrected chi connectivity index (χ2v) is 6.62. The lowest BCUT2D eigenvalue weighted by molar-refractivity contribution is 0.0938. The van der Waals surface area contributed by atoms with Gasteiger partial charge in [0, 0.05) is 10.5 Å². The fourth-order valence-electron chi connectivity index (χ4n) is 3.03. The van der Waals surface area contributed by atoms with Crippen molar-refractivity contribution in [3.8, 4) is 5.69 Å². The average Bonchev–Trinajstić information content (AvgIpc) is 3.24. The van der Waals surface area contributed by atoms with Crippen LogP contribution in [0.15, 0.2) is 53.3 Å². The van der Waals surface area contributed by atoms with Crippen LogP contribution in [-0.2, 0) is 12.8 Å². The fourth-order valence-corrected chi connectivity index (χ4v) is 3.46. The number of benzene rings is 2. The summed E-state index contributed by atoms with van der Waals surface area (Å²) in [4.78, 5) is 12.7. The number of amides is 1. The SMILES string of the molecule is O=C(NC1Cc2ccccc2C1)c1cc(-n2cnnn2)ccc1Br. The molecule has 0 saturated carbocycles. The molecule has 0 fully saturated rings. The number of rotatable bonds is 3. The van der Waals surface area contributed by atoms with E-state index in [0.717, 1.165) is 23.0 Å². The van der Waals surface area contributed by atoms with E-state index in [9.17, 15) is 4.79 Å². The number of carbonyl (C=O) groups is 1. The number of hydrogen-bond acceptors (Lipinski definition) is 4. The van der Waals surface area contributed by atoms with Crippen LogP contribution in [0.5, 0.6) is 0 Å². The van der Waals surface area contributed by atoms with Crippen molar-refractivity contribution in [3.63, 3.8) is 0 Å². The maximum Gasteiger partial charge on any atom is 0.252 e. The minimum atomic E-state index is -0.102. The van der Waals surface area contributed by atoms with Gasteiger partial charge in [0.1, 0.15) is 6.33 Å². The molecule has 1 aliphatic rings. The first-order chi connectivity index (χ1) is 11.7. The summed E-state index contributed by atoms with van der Waals surface area (Å²) in [7, 11) is 0. The maximum absolute atomic E-state index is 12.7. The summed E-state index contributed by atoms with van der Waals surface area (Å²) in [5.41, 5.74) is 3.93. The Hall–Kier alpha value is -2.54. The monoisotopic (exact) mass is 383 g/mol. The summed E-state index contributed by atoms with van der Waals surface area (Å²) >= 11 is 3.45. The Balaban J connectivity index is 1.54. The molecule has 2 aromatic carbocycles. The molecule has 1 aliphatic carbocycles. The van der Waals surface area contributed by atoms with Gasteiger partial charge in [0.05, 0.1) is 11.3 Å². The molecule has 0 radical (unpaired) electrons. The Labute approximate surface area is 147 Å². The van der Waals surface area contributed by atoms with Gasteiger partial charge < -0.3 is 5.32 Å². The Morgan fingerprint density at radius 2 is 1.92 bits per heavy atom. The van der Waals surface area contributed by atoms with Crippen molar-refractivity contribution in [1.82, 2.24) is 25.5 Å². The molecular formula is C17H14BrN5O. The molecular weight excluding hydrogens is 370 g/mol. The zero-order valence-corrected chi connectivity index (χ0v) is 14.3. The van der Waals surface area contributed by atoms with Crippen molar-refractivity contribution in [2.24, 2.45) is 0 Å². The summed E-state index contributed by atoms with van der Waals surface area (Å²) in [6.07, 6.45) is 3.23. The van der Waals surface area contributed by atoms with Gasteiger partial charge in [-0.05, 0) is 68.5 Å². The Morgan fingerprint density at radius 3 is 2.58 bits per heavy atom. The molecule has 1 N–H and O–H groups in total. The topological polar surface area (TPSA) is 72.7 Å². The van der Waals surface area contributed by atoms with Crippen LogP contribution in [0.25, 0.3) is 5.69 Å². The first kappa shape index (κ1) is 15.0. The van der Waals surface area contributed by atoms with Gasteiger partial charge in [-0.15, -0.1) is 5.10 Å². The lowest BCUT2D eigenvalue weighted by atomic mass is 10.1. The van der Waals surface area contributed by atoms with E-state index in [2.05, 4.69) is 48.9 Å². The summed E-state index contributed by atoms with van der Waals surface area (Å²) in [5, 5.41) is 14.2. The Kier molecular flexibility index (Phi) is 3.86. The first-order valence-corrected chi connectivity index (χ1v) is 8.40. The van der Waals surface area contributed by atoms with Crippen LogP contribution in [0.3, 0.4) is 0 Å². The minimum absolute atomic E-state index is 0.102. The molecule has 4 rings (SSSR count). The number of fused-ring (bicyclic) bond motifs is 1. The van der Waals surface area contributed by atoms with Crippen LogP contribution < -0.4 is 5.32 Å². The summed E-state index contributed by atoms with van der Waals surface area (Å²) in [5.74, 6) is -0.102. The molecule has 120 valence electrons. The molecule has 0 spiro atoms. The van der Waals surface area contributed by atoms with Gasteiger partial charge in [-0.3, -0.25) is 4.79 Å². The van der Waals surface area contributed by atoms with E-state index < -0.39 is 0 Å². The molecule has 3 aromatic rings. The Bertz CT molecular complexity index is 869. The lowest BCUT2D eigenvalue weighted by Crippen LogP contribution is -2.35. The van der Waals surface area contributed by atoms with Crippen molar-refractivity contribution < 1.29 is 4.79 Å². The van der Waals surface area contributed by atoms with Crippen LogP contribution in [0, 0.1) is 0 Å². The van der Waals surface area contributed by atoms with E-state index in [4.69, 9.17) is 0 Å². The average molecular weight is 384 g/mol. The predicted molar refractivity (Wildman–Crippen MR) is 92.0 cm³/mol. The van der Waals surface area contributed by atoms with Crippen LogP contribution in [-0.4, -0.2) is 32.2 Å². The number of nitrogens with zero attached hydrogens (tertiary/aromatic N) is 4. The third kappa shape index (κ3) is 2.82. The highest BCUT2D eigenvalue weighted by Crippen LogP contribution is 2.24. The number of aromatic nitrogens is 4. The summed E-state index contributed by atoms with van der Waals surface area (Å²) < 4.78 is 2.27. The molecule has 1 aromatic heterocycles. The van der Waals surface area contributed by atoms with Gasteiger partial charge in [-0.25, -0.2) is 4.68 Å². The first-order valence-electron chi connectivity index (χ1n) is 7.61. The summed E-state index contributed by atoms with van der Waals surface area (Å²) in [6, 6.07) is 13.9. The van der Waals surface area contributed by atoms with Crippen LogP contribution in [0.2, 0.25) is 0 Å². The normalized spacial score (nSPS) is 13.7. The Morgan fingerprint density at radius 1 is 1.17 bits per heavy atom. The zero-order chi connectivity index (χ0) is 16.5. The van der Waals surface area contributed by atoms with Gasteiger partial charge in [0.25, 0.3) is 5.91 Å². The highest BCUT2D eigenvalue weighted by atomic mass is 79.9. The lowest BCUT2D eigenvalue weighted by Gasteiger charge is -2.13. The van der Waals surface area contributed by atoms with Gasteiger partial charge in [-0.1, -0.05) is 24.3 Å². The number of hydrogen-bond donors (Lipinski definition) is 1. The molecule has 1 heterocycles.